The molecule has 1 aliphatic heterocycles. The van der Waals surface area contributed by atoms with Crippen LogP contribution in [-0.2, 0) is 10.2 Å². The van der Waals surface area contributed by atoms with Gasteiger partial charge >= 0.3 is 0 Å². The fraction of sp³-hybridized carbons (Fsp3) is 0.556. The summed E-state index contributed by atoms with van der Waals surface area (Å²) in [5, 5.41) is 10.4. The van der Waals surface area contributed by atoms with Crippen molar-refractivity contribution in [1.29, 1.82) is 0 Å². The van der Waals surface area contributed by atoms with Gasteiger partial charge in [-0.25, -0.2) is 4.98 Å². The zero-order chi connectivity index (χ0) is 11.1. The lowest BCUT2D eigenvalue weighted by Gasteiger charge is -2.19. The molecule has 1 aliphatic rings. The number of rotatable bonds is 0. The van der Waals surface area contributed by atoms with E-state index in [2.05, 4.69) is 20.5 Å². The number of hydrogen-bond donors (Lipinski definition) is 1. The van der Waals surface area contributed by atoms with Gasteiger partial charge in [0, 0.05) is 5.41 Å². The Morgan fingerprint density at radius 1 is 1.33 bits per heavy atom. The van der Waals surface area contributed by atoms with Crippen LogP contribution in [0.2, 0.25) is 0 Å². The summed E-state index contributed by atoms with van der Waals surface area (Å²) >= 11 is 0. The first kappa shape index (κ1) is 9.82. The second kappa shape index (κ2) is 3.15. The average molecular weight is 208 g/mol. The van der Waals surface area contributed by atoms with Crippen molar-refractivity contribution in [1.82, 2.24) is 15.2 Å². The number of carbonyl (C=O) groups excluding carboxylic acids is 1. The van der Waals surface area contributed by atoms with E-state index in [1.807, 2.05) is 20.8 Å². The number of ether oxygens (including phenoxy) is 1. The molecule has 0 unspecified atom stereocenters. The maximum atomic E-state index is 11.1. The maximum Gasteiger partial charge on any atom is 0.277 e. The SMILES string of the molecule is CC(C)(C)c1nnc2c(n1)NC(=O)CO2. The van der Waals surface area contributed by atoms with Gasteiger partial charge in [0.15, 0.2) is 18.2 Å². The van der Waals surface area contributed by atoms with Crippen molar-refractivity contribution >= 4 is 11.7 Å². The summed E-state index contributed by atoms with van der Waals surface area (Å²) < 4.78 is 5.06. The Balaban J connectivity index is 2.41. The molecule has 0 saturated carbocycles. The molecule has 0 aliphatic carbocycles. The molecule has 2 heterocycles. The molecule has 0 aromatic carbocycles. The molecule has 6 heteroatoms. The number of anilines is 1. The topological polar surface area (TPSA) is 77.0 Å². The third-order valence-electron chi connectivity index (χ3n) is 1.92. The Bertz CT molecular complexity index is 411. The number of fused-ring (bicyclic) bond motifs is 1. The van der Waals surface area contributed by atoms with E-state index in [1.165, 1.54) is 0 Å². The normalized spacial score (nSPS) is 15.3. The highest BCUT2D eigenvalue weighted by molar-refractivity contribution is 5.93. The highest BCUT2D eigenvalue weighted by Gasteiger charge is 2.24. The minimum atomic E-state index is -0.220. The van der Waals surface area contributed by atoms with Crippen molar-refractivity contribution in [3.8, 4) is 5.88 Å². The van der Waals surface area contributed by atoms with E-state index in [-0.39, 0.29) is 23.8 Å². The van der Waals surface area contributed by atoms with Gasteiger partial charge in [-0.05, 0) is 0 Å². The summed E-state index contributed by atoms with van der Waals surface area (Å²) in [5.74, 6) is 0.990. The molecule has 6 nitrogen and oxygen atoms in total. The monoisotopic (exact) mass is 208 g/mol. The molecule has 1 aromatic rings. The molecular weight excluding hydrogens is 196 g/mol. The molecule has 0 atom stereocenters. The Morgan fingerprint density at radius 3 is 2.73 bits per heavy atom. The van der Waals surface area contributed by atoms with Crippen molar-refractivity contribution in [2.45, 2.75) is 26.2 Å². The number of nitrogens with one attached hydrogen (secondary N) is 1. The minimum Gasteiger partial charge on any atom is -0.464 e. The summed E-state index contributed by atoms with van der Waals surface area (Å²) in [6.07, 6.45) is 0. The average Bonchev–Trinajstić information content (AvgIpc) is 2.15. The van der Waals surface area contributed by atoms with E-state index in [0.717, 1.165) is 0 Å². The molecule has 15 heavy (non-hydrogen) atoms. The molecule has 0 spiro atoms. The largest absolute Gasteiger partial charge is 0.464 e. The molecule has 2 rings (SSSR count). The van der Waals surface area contributed by atoms with Crippen LogP contribution in [-0.4, -0.2) is 27.7 Å². The predicted molar refractivity (Wildman–Crippen MR) is 52.7 cm³/mol. The van der Waals surface area contributed by atoms with E-state index < -0.39 is 0 Å². The summed E-state index contributed by atoms with van der Waals surface area (Å²) in [6, 6.07) is 0. The van der Waals surface area contributed by atoms with Gasteiger partial charge in [-0.3, -0.25) is 4.79 Å². The molecule has 0 saturated heterocycles. The lowest BCUT2D eigenvalue weighted by molar-refractivity contribution is -0.118. The van der Waals surface area contributed by atoms with Gasteiger partial charge in [-0.15, -0.1) is 10.2 Å². The van der Waals surface area contributed by atoms with Crippen molar-refractivity contribution in [3.63, 3.8) is 0 Å². The zero-order valence-electron chi connectivity index (χ0n) is 8.87. The van der Waals surface area contributed by atoms with Crippen LogP contribution in [0.25, 0.3) is 0 Å². The van der Waals surface area contributed by atoms with Gasteiger partial charge in [0.05, 0.1) is 0 Å². The highest BCUT2D eigenvalue weighted by Crippen LogP contribution is 2.25. The van der Waals surface area contributed by atoms with Crippen LogP contribution in [0.5, 0.6) is 5.88 Å². The summed E-state index contributed by atoms with van der Waals surface area (Å²) in [6.45, 7) is 5.89. The third kappa shape index (κ3) is 1.88. The number of amides is 1. The zero-order valence-corrected chi connectivity index (χ0v) is 8.87. The van der Waals surface area contributed by atoms with Crippen molar-refractivity contribution in [3.05, 3.63) is 5.82 Å². The Labute approximate surface area is 87.1 Å². The van der Waals surface area contributed by atoms with E-state index in [1.54, 1.807) is 0 Å². The Morgan fingerprint density at radius 2 is 2.07 bits per heavy atom. The van der Waals surface area contributed by atoms with Crippen LogP contribution in [0.1, 0.15) is 26.6 Å². The lowest BCUT2D eigenvalue weighted by atomic mass is 9.96. The first-order valence-corrected chi connectivity index (χ1v) is 4.64. The summed E-state index contributed by atoms with van der Waals surface area (Å²) in [4.78, 5) is 15.3. The Hall–Kier alpha value is -1.72. The van der Waals surface area contributed by atoms with Crippen LogP contribution in [0.4, 0.5) is 5.82 Å². The van der Waals surface area contributed by atoms with Crippen molar-refractivity contribution in [2.75, 3.05) is 11.9 Å². The molecule has 0 radical (unpaired) electrons. The maximum absolute atomic E-state index is 11.1. The van der Waals surface area contributed by atoms with Gasteiger partial charge in [0.1, 0.15) is 0 Å². The van der Waals surface area contributed by atoms with E-state index in [9.17, 15) is 4.79 Å². The van der Waals surface area contributed by atoms with Crippen LogP contribution in [0.15, 0.2) is 0 Å². The first-order chi connectivity index (χ1) is 6.97. The van der Waals surface area contributed by atoms with E-state index in [4.69, 9.17) is 4.74 Å². The van der Waals surface area contributed by atoms with E-state index in [0.29, 0.717) is 11.6 Å². The van der Waals surface area contributed by atoms with Crippen LogP contribution >= 0.6 is 0 Å². The van der Waals surface area contributed by atoms with Crippen LogP contribution < -0.4 is 10.1 Å². The van der Waals surface area contributed by atoms with Crippen LogP contribution in [0.3, 0.4) is 0 Å². The Kier molecular flexibility index (Phi) is 2.06. The minimum absolute atomic E-state index is 0.0295. The predicted octanol–water partition coefficient (Wildman–Crippen LogP) is 0.500. The molecule has 80 valence electrons. The fourth-order valence-corrected chi connectivity index (χ4v) is 1.11. The lowest BCUT2D eigenvalue weighted by Crippen LogP contribution is -2.29. The molecule has 0 bridgehead atoms. The van der Waals surface area contributed by atoms with E-state index >= 15 is 0 Å². The number of hydrogen-bond acceptors (Lipinski definition) is 5. The smallest absolute Gasteiger partial charge is 0.277 e. The summed E-state index contributed by atoms with van der Waals surface area (Å²) in [5.41, 5.74) is -0.204. The van der Waals surface area contributed by atoms with Crippen molar-refractivity contribution in [2.24, 2.45) is 0 Å². The molecular formula is C9H12N4O2. The quantitative estimate of drug-likeness (QED) is 0.671. The molecule has 0 fully saturated rings. The second-order valence-electron chi connectivity index (χ2n) is 4.38. The molecule has 1 N–H and O–H groups in total. The number of carbonyl (C=O) groups is 1. The first-order valence-electron chi connectivity index (χ1n) is 4.64. The van der Waals surface area contributed by atoms with Gasteiger partial charge in [0.25, 0.3) is 11.8 Å². The summed E-state index contributed by atoms with van der Waals surface area (Å²) in [7, 11) is 0. The van der Waals surface area contributed by atoms with Gasteiger partial charge < -0.3 is 10.1 Å². The highest BCUT2D eigenvalue weighted by atomic mass is 16.5. The molecule has 1 aromatic heterocycles. The van der Waals surface area contributed by atoms with Crippen molar-refractivity contribution < 1.29 is 9.53 Å². The van der Waals surface area contributed by atoms with Gasteiger partial charge in [-0.1, -0.05) is 20.8 Å². The van der Waals surface area contributed by atoms with Crippen LogP contribution in [0, 0.1) is 0 Å². The fourth-order valence-electron chi connectivity index (χ4n) is 1.11. The van der Waals surface area contributed by atoms with Gasteiger partial charge in [-0.2, -0.15) is 0 Å². The molecule has 1 amide bonds. The second-order valence-corrected chi connectivity index (χ2v) is 4.38. The third-order valence-corrected chi connectivity index (χ3v) is 1.92. The standard InChI is InChI=1S/C9H12N4O2/c1-9(2,3)8-11-6-7(12-13-8)15-4-5(14)10-6/h4H2,1-3H3,(H,10,11,13,14). The number of nitrogens with zero attached hydrogens (tertiary/aromatic N) is 3. The van der Waals surface area contributed by atoms with Gasteiger partial charge in [0.2, 0.25) is 0 Å². The number of aromatic nitrogens is 3.